The summed E-state index contributed by atoms with van der Waals surface area (Å²) in [4.78, 5) is 26.2. The molecule has 2 rings (SSSR count). The highest BCUT2D eigenvalue weighted by molar-refractivity contribution is 7.85. The van der Waals surface area contributed by atoms with Crippen LogP contribution >= 0.6 is 0 Å². The number of nitrogens with zero attached hydrogens (tertiary/aromatic N) is 2. The lowest BCUT2D eigenvalue weighted by atomic mass is 10.1. The van der Waals surface area contributed by atoms with Crippen LogP contribution in [0.1, 0.15) is 12.0 Å². The molecule has 1 aromatic rings. The smallest absolute Gasteiger partial charge is 0.410 e. The summed E-state index contributed by atoms with van der Waals surface area (Å²) in [6.07, 6.45) is -0.572. The third-order valence-corrected chi connectivity index (χ3v) is 4.54. The first kappa shape index (κ1) is 20.0. The van der Waals surface area contributed by atoms with Gasteiger partial charge in [0.15, 0.2) is 0 Å². The Kier molecular flexibility index (Phi) is 6.81. The average molecular weight is 386 g/mol. The molecular formula is C16H22N2O7S. The Hall–Kier alpha value is -2.33. The Morgan fingerprint density at radius 3 is 2.54 bits per heavy atom. The first-order chi connectivity index (χ1) is 12.3. The molecule has 0 aliphatic carbocycles. The van der Waals surface area contributed by atoms with E-state index in [0.29, 0.717) is 0 Å². The van der Waals surface area contributed by atoms with Gasteiger partial charge in [-0.05, 0) is 12.0 Å². The van der Waals surface area contributed by atoms with Crippen molar-refractivity contribution >= 4 is 22.3 Å². The number of carboxylic acid groups (broad SMARTS) is 1. The van der Waals surface area contributed by atoms with Gasteiger partial charge in [0.25, 0.3) is 10.1 Å². The molecule has 0 saturated carbocycles. The topological polar surface area (TPSA) is 113 Å². The minimum absolute atomic E-state index is 0.118. The molecule has 9 nitrogen and oxygen atoms in total. The molecule has 0 spiro atoms. The van der Waals surface area contributed by atoms with Crippen molar-refractivity contribution in [1.82, 2.24) is 9.80 Å². The van der Waals surface area contributed by atoms with Gasteiger partial charge in [-0.3, -0.25) is 4.18 Å². The molecule has 0 radical (unpaired) electrons. The van der Waals surface area contributed by atoms with Crippen LogP contribution in [-0.4, -0.2) is 74.0 Å². The monoisotopic (exact) mass is 386 g/mol. The number of rotatable bonds is 6. The van der Waals surface area contributed by atoms with E-state index in [1.54, 1.807) is 0 Å². The van der Waals surface area contributed by atoms with Gasteiger partial charge in [-0.15, -0.1) is 0 Å². The van der Waals surface area contributed by atoms with E-state index in [-0.39, 0.29) is 39.3 Å². The molecule has 1 aliphatic heterocycles. The summed E-state index contributed by atoms with van der Waals surface area (Å²) in [5, 5.41) is 9.28. The average Bonchev–Trinajstić information content (AvgIpc) is 2.59. The summed E-state index contributed by atoms with van der Waals surface area (Å²) >= 11 is 0. The Morgan fingerprint density at radius 2 is 1.92 bits per heavy atom. The SMILES string of the molecule is CS(=O)(=O)OCC[C@@H]1CN(C(=O)OCc2ccccc2)CCN1C(=O)O. The third-order valence-electron chi connectivity index (χ3n) is 3.94. The standard InChI is InChI=1S/C16H22N2O7S/c1-26(22,23)25-10-7-14-11-17(8-9-18(14)15(19)20)16(21)24-12-13-5-3-2-4-6-13/h2-6,14H,7-12H2,1H3,(H,19,20)/t14-/m1/s1. The normalized spacial score (nSPS) is 17.8. The zero-order valence-electron chi connectivity index (χ0n) is 14.4. The van der Waals surface area contributed by atoms with Gasteiger partial charge < -0.3 is 19.6 Å². The van der Waals surface area contributed by atoms with E-state index in [9.17, 15) is 23.1 Å². The highest BCUT2D eigenvalue weighted by Gasteiger charge is 2.33. The highest BCUT2D eigenvalue weighted by Crippen LogP contribution is 2.15. The summed E-state index contributed by atoms with van der Waals surface area (Å²) in [5.74, 6) is 0. The second-order valence-electron chi connectivity index (χ2n) is 5.93. The van der Waals surface area contributed by atoms with Crippen LogP contribution in [0.4, 0.5) is 9.59 Å². The van der Waals surface area contributed by atoms with Crippen LogP contribution < -0.4 is 0 Å². The predicted octanol–water partition coefficient (Wildman–Crippen LogP) is 1.35. The van der Waals surface area contributed by atoms with E-state index in [1.165, 1.54) is 9.80 Å². The van der Waals surface area contributed by atoms with Gasteiger partial charge in [0.1, 0.15) is 6.61 Å². The lowest BCUT2D eigenvalue weighted by molar-refractivity contribution is 0.0413. The van der Waals surface area contributed by atoms with E-state index in [1.807, 2.05) is 30.3 Å². The van der Waals surface area contributed by atoms with Crippen LogP contribution in [0, 0.1) is 0 Å². The molecule has 2 amide bonds. The van der Waals surface area contributed by atoms with E-state index < -0.39 is 28.3 Å². The molecule has 0 bridgehead atoms. The number of piperazine rings is 1. The Morgan fingerprint density at radius 1 is 1.23 bits per heavy atom. The van der Waals surface area contributed by atoms with Crippen molar-refractivity contribution in [2.75, 3.05) is 32.5 Å². The van der Waals surface area contributed by atoms with Crippen LogP contribution in [0.25, 0.3) is 0 Å². The number of amides is 2. The molecule has 10 heteroatoms. The summed E-state index contributed by atoms with van der Waals surface area (Å²) in [5.41, 5.74) is 0.850. The molecular weight excluding hydrogens is 364 g/mol. The fourth-order valence-electron chi connectivity index (χ4n) is 2.67. The van der Waals surface area contributed by atoms with Crippen LogP contribution in [-0.2, 0) is 25.6 Å². The predicted molar refractivity (Wildman–Crippen MR) is 92.1 cm³/mol. The van der Waals surface area contributed by atoms with E-state index >= 15 is 0 Å². The van der Waals surface area contributed by atoms with E-state index in [2.05, 4.69) is 4.18 Å². The summed E-state index contributed by atoms with van der Waals surface area (Å²) in [7, 11) is -3.60. The number of carbonyl (C=O) groups excluding carboxylic acids is 1. The Bertz CT molecular complexity index is 723. The third kappa shape index (κ3) is 6.19. The molecule has 0 aromatic heterocycles. The zero-order valence-corrected chi connectivity index (χ0v) is 15.2. The number of hydrogen-bond donors (Lipinski definition) is 1. The van der Waals surface area contributed by atoms with Crippen molar-refractivity contribution in [1.29, 1.82) is 0 Å². The van der Waals surface area contributed by atoms with Gasteiger partial charge in [-0.1, -0.05) is 30.3 Å². The largest absolute Gasteiger partial charge is 0.465 e. The van der Waals surface area contributed by atoms with Crippen molar-refractivity contribution in [2.24, 2.45) is 0 Å². The number of hydrogen-bond acceptors (Lipinski definition) is 6. The van der Waals surface area contributed by atoms with Gasteiger partial charge in [0.2, 0.25) is 0 Å². The molecule has 144 valence electrons. The number of ether oxygens (including phenoxy) is 1. The van der Waals surface area contributed by atoms with E-state index in [0.717, 1.165) is 11.8 Å². The molecule has 0 unspecified atom stereocenters. The molecule has 26 heavy (non-hydrogen) atoms. The van der Waals surface area contributed by atoms with Crippen LogP contribution in [0.5, 0.6) is 0 Å². The molecule has 1 fully saturated rings. The van der Waals surface area contributed by atoms with Crippen molar-refractivity contribution in [3.63, 3.8) is 0 Å². The lowest BCUT2D eigenvalue weighted by Gasteiger charge is -2.39. The van der Waals surface area contributed by atoms with Gasteiger partial charge in [-0.2, -0.15) is 8.42 Å². The van der Waals surface area contributed by atoms with Gasteiger partial charge in [-0.25, -0.2) is 9.59 Å². The summed E-state index contributed by atoms with van der Waals surface area (Å²) < 4.78 is 32.0. The minimum atomic E-state index is -3.60. The van der Waals surface area contributed by atoms with Crippen molar-refractivity contribution < 1.29 is 32.0 Å². The second kappa shape index (κ2) is 8.86. The van der Waals surface area contributed by atoms with Crippen LogP contribution in [0.2, 0.25) is 0 Å². The molecule has 1 N–H and O–H groups in total. The van der Waals surface area contributed by atoms with Crippen molar-refractivity contribution in [3.8, 4) is 0 Å². The van der Waals surface area contributed by atoms with E-state index in [4.69, 9.17) is 4.74 Å². The van der Waals surface area contributed by atoms with Gasteiger partial charge >= 0.3 is 12.2 Å². The molecule has 1 aliphatic rings. The van der Waals surface area contributed by atoms with Crippen LogP contribution in [0.15, 0.2) is 30.3 Å². The molecule has 1 saturated heterocycles. The van der Waals surface area contributed by atoms with Crippen molar-refractivity contribution in [2.45, 2.75) is 19.1 Å². The fourth-order valence-corrected chi connectivity index (χ4v) is 3.07. The Balaban J connectivity index is 1.91. The maximum absolute atomic E-state index is 12.2. The number of benzene rings is 1. The number of carbonyl (C=O) groups is 2. The Labute approximate surface area is 152 Å². The molecule has 1 heterocycles. The van der Waals surface area contributed by atoms with Gasteiger partial charge in [0.05, 0.1) is 18.9 Å². The lowest BCUT2D eigenvalue weighted by Crippen LogP contribution is -2.56. The van der Waals surface area contributed by atoms with Crippen LogP contribution in [0.3, 0.4) is 0 Å². The summed E-state index contributed by atoms with van der Waals surface area (Å²) in [6, 6.07) is 8.65. The van der Waals surface area contributed by atoms with Crippen molar-refractivity contribution in [3.05, 3.63) is 35.9 Å². The highest BCUT2D eigenvalue weighted by atomic mass is 32.2. The quantitative estimate of drug-likeness (QED) is 0.734. The van der Waals surface area contributed by atoms with Gasteiger partial charge in [0, 0.05) is 19.6 Å². The summed E-state index contributed by atoms with van der Waals surface area (Å²) in [6.45, 7) is 0.427. The molecule has 1 atom stereocenters. The first-order valence-electron chi connectivity index (χ1n) is 8.06. The fraction of sp³-hybridized carbons (Fsp3) is 0.500. The molecule has 1 aromatic carbocycles. The second-order valence-corrected chi connectivity index (χ2v) is 7.57. The zero-order chi connectivity index (χ0) is 19.2. The maximum Gasteiger partial charge on any atom is 0.410 e. The first-order valence-corrected chi connectivity index (χ1v) is 9.87. The minimum Gasteiger partial charge on any atom is -0.465 e. The maximum atomic E-state index is 12.2.